The van der Waals surface area contributed by atoms with Gasteiger partial charge in [-0.3, -0.25) is 9.78 Å². The maximum atomic E-state index is 13.3. The SMILES string of the molecule is Cc1cc(C(=O)N(C)C2CCN(c3ccc(F)cc3)CC2)c(C)n1Cc1ccccn1. The van der Waals surface area contributed by atoms with Crippen LogP contribution in [0.4, 0.5) is 10.1 Å². The van der Waals surface area contributed by atoms with Crippen molar-refractivity contribution >= 4 is 11.6 Å². The number of aryl methyl sites for hydroxylation is 1. The number of pyridine rings is 1. The summed E-state index contributed by atoms with van der Waals surface area (Å²) in [6, 6.07) is 14.7. The van der Waals surface area contributed by atoms with E-state index >= 15 is 0 Å². The van der Waals surface area contributed by atoms with Gasteiger partial charge in [-0.15, -0.1) is 0 Å². The number of halogens is 1. The molecule has 0 radical (unpaired) electrons. The van der Waals surface area contributed by atoms with Gasteiger partial charge >= 0.3 is 0 Å². The van der Waals surface area contributed by atoms with Crippen LogP contribution in [0.3, 0.4) is 0 Å². The molecule has 0 unspecified atom stereocenters. The molecule has 3 heterocycles. The summed E-state index contributed by atoms with van der Waals surface area (Å²) in [6.45, 7) is 6.41. The number of carbonyl (C=O) groups is 1. The van der Waals surface area contributed by atoms with Crippen LogP contribution >= 0.6 is 0 Å². The van der Waals surface area contributed by atoms with Crippen molar-refractivity contribution < 1.29 is 9.18 Å². The van der Waals surface area contributed by atoms with E-state index in [9.17, 15) is 9.18 Å². The summed E-state index contributed by atoms with van der Waals surface area (Å²) in [6.07, 6.45) is 3.58. The normalized spacial score (nSPS) is 14.6. The topological polar surface area (TPSA) is 41.4 Å². The summed E-state index contributed by atoms with van der Waals surface area (Å²) in [5.41, 5.74) is 4.81. The Kier molecular flexibility index (Phi) is 6.07. The van der Waals surface area contributed by atoms with Gasteiger partial charge in [-0.2, -0.15) is 0 Å². The van der Waals surface area contributed by atoms with Crippen molar-refractivity contribution in [1.29, 1.82) is 0 Å². The molecule has 0 N–H and O–H groups in total. The second-order valence-electron chi connectivity index (χ2n) is 8.30. The van der Waals surface area contributed by atoms with Gasteiger partial charge in [-0.25, -0.2) is 4.39 Å². The molecule has 1 aliphatic rings. The van der Waals surface area contributed by atoms with Gasteiger partial charge in [0.05, 0.1) is 17.8 Å². The van der Waals surface area contributed by atoms with Crippen LogP contribution in [0.2, 0.25) is 0 Å². The Morgan fingerprint density at radius 3 is 2.48 bits per heavy atom. The van der Waals surface area contributed by atoms with E-state index < -0.39 is 0 Å². The van der Waals surface area contributed by atoms with E-state index in [1.807, 2.05) is 62.2 Å². The number of nitrogens with zero attached hydrogens (tertiary/aromatic N) is 4. The van der Waals surface area contributed by atoms with Crippen molar-refractivity contribution in [1.82, 2.24) is 14.5 Å². The molecule has 0 spiro atoms. The average Bonchev–Trinajstić information content (AvgIpc) is 3.08. The fourth-order valence-electron chi connectivity index (χ4n) is 4.43. The average molecular weight is 421 g/mol. The number of benzene rings is 1. The zero-order chi connectivity index (χ0) is 22.0. The summed E-state index contributed by atoms with van der Waals surface area (Å²) >= 11 is 0. The number of carbonyl (C=O) groups excluding carboxylic acids is 1. The fourth-order valence-corrected chi connectivity index (χ4v) is 4.43. The predicted molar refractivity (Wildman–Crippen MR) is 121 cm³/mol. The molecule has 1 aromatic carbocycles. The van der Waals surface area contributed by atoms with Gasteiger partial charge in [0.1, 0.15) is 5.82 Å². The number of hydrogen-bond acceptors (Lipinski definition) is 3. The van der Waals surface area contributed by atoms with Crippen molar-refractivity contribution in [3.05, 3.63) is 83.2 Å². The van der Waals surface area contributed by atoms with Crippen molar-refractivity contribution in [2.24, 2.45) is 0 Å². The highest BCUT2D eigenvalue weighted by atomic mass is 19.1. The second-order valence-corrected chi connectivity index (χ2v) is 8.30. The molecule has 6 heteroatoms. The number of anilines is 1. The van der Waals surface area contributed by atoms with Gasteiger partial charge in [0.15, 0.2) is 0 Å². The van der Waals surface area contributed by atoms with Crippen LogP contribution in [-0.2, 0) is 6.54 Å². The van der Waals surface area contributed by atoms with Gasteiger partial charge < -0.3 is 14.4 Å². The first-order valence-corrected chi connectivity index (χ1v) is 10.8. The van der Waals surface area contributed by atoms with Crippen LogP contribution < -0.4 is 4.90 Å². The number of hydrogen-bond donors (Lipinski definition) is 0. The summed E-state index contributed by atoms with van der Waals surface area (Å²) in [7, 11) is 1.91. The summed E-state index contributed by atoms with van der Waals surface area (Å²) < 4.78 is 15.3. The van der Waals surface area contributed by atoms with Crippen molar-refractivity contribution in [3.63, 3.8) is 0 Å². The van der Waals surface area contributed by atoms with E-state index in [2.05, 4.69) is 14.5 Å². The minimum Gasteiger partial charge on any atom is -0.371 e. The highest BCUT2D eigenvalue weighted by molar-refractivity contribution is 5.95. The quantitative estimate of drug-likeness (QED) is 0.613. The van der Waals surface area contributed by atoms with Gasteiger partial charge in [0.2, 0.25) is 0 Å². The van der Waals surface area contributed by atoms with Crippen molar-refractivity contribution in [3.8, 4) is 0 Å². The molecule has 3 aromatic rings. The lowest BCUT2D eigenvalue weighted by Crippen LogP contribution is -2.45. The smallest absolute Gasteiger partial charge is 0.255 e. The monoisotopic (exact) mass is 420 g/mol. The lowest BCUT2D eigenvalue weighted by atomic mass is 10.0. The molecule has 162 valence electrons. The maximum absolute atomic E-state index is 13.3. The van der Waals surface area contributed by atoms with Gasteiger partial charge in [-0.1, -0.05) is 6.07 Å². The third-order valence-corrected chi connectivity index (χ3v) is 6.37. The fraction of sp³-hybridized carbons (Fsp3) is 0.360. The Morgan fingerprint density at radius 1 is 1.13 bits per heavy atom. The first kappa shape index (κ1) is 21.1. The van der Waals surface area contributed by atoms with Crippen LogP contribution in [0.1, 0.15) is 40.3 Å². The number of amides is 1. The number of rotatable bonds is 5. The van der Waals surface area contributed by atoms with Gasteiger partial charge in [-0.05, 0) is 69.2 Å². The largest absolute Gasteiger partial charge is 0.371 e. The zero-order valence-electron chi connectivity index (χ0n) is 18.4. The summed E-state index contributed by atoms with van der Waals surface area (Å²) in [5, 5.41) is 0. The molecule has 2 aromatic heterocycles. The molecule has 0 atom stereocenters. The molecule has 1 amide bonds. The zero-order valence-corrected chi connectivity index (χ0v) is 18.4. The maximum Gasteiger partial charge on any atom is 0.255 e. The van der Waals surface area contributed by atoms with E-state index in [1.54, 1.807) is 6.20 Å². The molecule has 4 rings (SSSR count). The molecule has 0 bridgehead atoms. The number of piperidine rings is 1. The Morgan fingerprint density at radius 2 is 1.84 bits per heavy atom. The van der Waals surface area contributed by atoms with Crippen molar-refractivity contribution in [2.75, 3.05) is 25.0 Å². The highest BCUT2D eigenvalue weighted by Crippen LogP contribution is 2.25. The lowest BCUT2D eigenvalue weighted by Gasteiger charge is -2.38. The van der Waals surface area contributed by atoms with Crippen LogP contribution in [0.15, 0.2) is 54.7 Å². The highest BCUT2D eigenvalue weighted by Gasteiger charge is 2.28. The minimum absolute atomic E-state index is 0.0700. The van der Waals surface area contributed by atoms with Crippen LogP contribution in [-0.4, -0.2) is 46.5 Å². The van der Waals surface area contributed by atoms with Crippen LogP contribution in [0, 0.1) is 19.7 Å². The van der Waals surface area contributed by atoms with E-state index in [4.69, 9.17) is 0 Å². The van der Waals surface area contributed by atoms with Crippen LogP contribution in [0.5, 0.6) is 0 Å². The molecular weight excluding hydrogens is 391 g/mol. The predicted octanol–water partition coefficient (Wildman–Crippen LogP) is 4.43. The Hall–Kier alpha value is -3.15. The Bertz CT molecular complexity index is 1040. The van der Waals surface area contributed by atoms with Gasteiger partial charge in [0.25, 0.3) is 5.91 Å². The summed E-state index contributed by atoms with van der Waals surface area (Å²) in [5.74, 6) is -0.148. The van der Waals surface area contributed by atoms with Crippen molar-refractivity contribution in [2.45, 2.75) is 39.3 Å². The van der Waals surface area contributed by atoms with E-state index in [0.717, 1.165) is 54.3 Å². The molecule has 0 aliphatic carbocycles. The number of aromatic nitrogens is 2. The van der Waals surface area contributed by atoms with E-state index in [1.165, 1.54) is 12.1 Å². The third kappa shape index (κ3) is 4.48. The Balaban J connectivity index is 1.43. The summed E-state index contributed by atoms with van der Waals surface area (Å²) in [4.78, 5) is 21.9. The minimum atomic E-state index is -0.218. The van der Waals surface area contributed by atoms with E-state index in [0.29, 0.717) is 6.54 Å². The van der Waals surface area contributed by atoms with E-state index in [-0.39, 0.29) is 17.8 Å². The molecule has 5 nitrogen and oxygen atoms in total. The molecule has 31 heavy (non-hydrogen) atoms. The second kappa shape index (κ2) is 8.92. The van der Waals surface area contributed by atoms with Gasteiger partial charge in [0, 0.05) is 49.5 Å². The van der Waals surface area contributed by atoms with Crippen LogP contribution in [0.25, 0.3) is 0 Å². The third-order valence-electron chi connectivity index (χ3n) is 6.37. The molecule has 0 saturated carbocycles. The Labute approximate surface area is 183 Å². The lowest BCUT2D eigenvalue weighted by molar-refractivity contribution is 0.0708. The standard InChI is InChI=1S/C25H29FN4O/c1-18-16-24(19(2)30(18)17-21-6-4-5-13-27-21)25(31)28(3)22-11-14-29(15-12-22)23-9-7-20(26)8-10-23/h4-10,13,16,22H,11-12,14-15,17H2,1-3H3. The first-order chi connectivity index (χ1) is 14.9. The molecule has 1 saturated heterocycles. The molecule has 1 aliphatic heterocycles. The molecule has 1 fully saturated rings. The first-order valence-electron chi connectivity index (χ1n) is 10.8. The molecular formula is C25H29FN4O.